The standard InChI is InChI=1S/C42H43N3O5S/c43-37-13-6-7-14-38(37)45-41(48)16-8-15-40(47)44-26-33-9-4-5-12-36(33)30-21-23-32(24-22-30)42-49-34(28-51-35-10-2-1-3-11-35)25-39(50-42)31-19-17-29(27-46)18-20-31/h1-7,9-14,17-24,34,39,42,46H,8,15-16,25-28,43H2,(H,44,47)(H,45,48). The highest BCUT2D eigenvalue weighted by Crippen LogP contribution is 2.40. The maximum atomic E-state index is 12.7. The molecule has 3 unspecified atom stereocenters. The lowest BCUT2D eigenvalue weighted by molar-refractivity contribution is -0.245. The second-order valence-electron chi connectivity index (χ2n) is 12.5. The molecule has 1 aliphatic rings. The van der Waals surface area contributed by atoms with Crippen LogP contribution in [0.4, 0.5) is 11.4 Å². The molecule has 0 spiro atoms. The first-order chi connectivity index (χ1) is 24.9. The van der Waals surface area contributed by atoms with Gasteiger partial charge < -0.3 is 30.9 Å². The zero-order valence-electron chi connectivity index (χ0n) is 28.4. The van der Waals surface area contributed by atoms with Crippen LogP contribution in [0.5, 0.6) is 0 Å². The molecule has 8 nitrogen and oxygen atoms in total. The van der Waals surface area contributed by atoms with Crippen molar-refractivity contribution in [2.75, 3.05) is 16.8 Å². The molecule has 1 aliphatic heterocycles. The molecule has 1 fully saturated rings. The van der Waals surface area contributed by atoms with Crippen LogP contribution in [0.2, 0.25) is 0 Å². The summed E-state index contributed by atoms with van der Waals surface area (Å²) in [5.41, 5.74) is 12.9. The number of ether oxygens (including phenoxy) is 2. The Morgan fingerprint density at radius 3 is 2.22 bits per heavy atom. The van der Waals surface area contributed by atoms with Crippen LogP contribution in [0.15, 0.2) is 132 Å². The number of nitrogen functional groups attached to an aromatic ring is 1. The molecule has 0 saturated carbocycles. The SMILES string of the molecule is Nc1ccccc1NC(=O)CCCC(=O)NCc1ccccc1-c1ccc(C2OC(CSc3ccccc3)CC(c3ccc(CO)cc3)O2)cc1. The predicted octanol–water partition coefficient (Wildman–Crippen LogP) is 8.19. The number of para-hydroxylation sites is 2. The summed E-state index contributed by atoms with van der Waals surface area (Å²) in [7, 11) is 0. The Hall–Kier alpha value is -4.93. The highest BCUT2D eigenvalue weighted by molar-refractivity contribution is 7.99. The van der Waals surface area contributed by atoms with E-state index in [4.69, 9.17) is 15.2 Å². The molecule has 5 aromatic carbocycles. The molecule has 262 valence electrons. The Balaban J connectivity index is 1.07. The number of hydrogen-bond acceptors (Lipinski definition) is 7. The van der Waals surface area contributed by atoms with Crippen molar-refractivity contribution >= 4 is 35.0 Å². The molecule has 1 saturated heterocycles. The van der Waals surface area contributed by atoms with E-state index >= 15 is 0 Å². The monoisotopic (exact) mass is 701 g/mol. The van der Waals surface area contributed by atoms with Gasteiger partial charge in [-0.15, -0.1) is 11.8 Å². The van der Waals surface area contributed by atoms with Crippen molar-refractivity contribution < 1.29 is 24.2 Å². The second kappa shape index (κ2) is 17.8. The number of nitrogens with one attached hydrogen (secondary N) is 2. The number of benzene rings is 5. The summed E-state index contributed by atoms with van der Waals surface area (Å²) in [6.45, 7) is 0.373. The zero-order valence-corrected chi connectivity index (χ0v) is 29.2. The van der Waals surface area contributed by atoms with Crippen LogP contribution in [-0.2, 0) is 32.2 Å². The van der Waals surface area contributed by atoms with Crippen molar-refractivity contribution in [3.05, 3.63) is 150 Å². The Kier molecular flexibility index (Phi) is 12.5. The Morgan fingerprint density at radius 2 is 1.45 bits per heavy atom. The van der Waals surface area contributed by atoms with Crippen LogP contribution in [-0.4, -0.2) is 28.8 Å². The highest BCUT2D eigenvalue weighted by atomic mass is 32.2. The smallest absolute Gasteiger partial charge is 0.224 e. The van der Waals surface area contributed by atoms with Gasteiger partial charge in [-0.3, -0.25) is 9.59 Å². The van der Waals surface area contributed by atoms with Gasteiger partial charge in [0.15, 0.2) is 6.29 Å². The fourth-order valence-electron chi connectivity index (χ4n) is 6.02. The first-order valence-corrected chi connectivity index (χ1v) is 18.2. The van der Waals surface area contributed by atoms with Crippen molar-refractivity contribution in [1.29, 1.82) is 0 Å². The third-order valence-electron chi connectivity index (χ3n) is 8.82. The largest absolute Gasteiger partial charge is 0.397 e. The highest BCUT2D eigenvalue weighted by Gasteiger charge is 2.32. The van der Waals surface area contributed by atoms with Crippen molar-refractivity contribution in [3.63, 3.8) is 0 Å². The van der Waals surface area contributed by atoms with E-state index in [1.54, 1.807) is 23.9 Å². The third-order valence-corrected chi connectivity index (χ3v) is 9.97. The second-order valence-corrected chi connectivity index (χ2v) is 13.6. The van der Waals surface area contributed by atoms with Gasteiger partial charge in [-0.25, -0.2) is 0 Å². The summed E-state index contributed by atoms with van der Waals surface area (Å²) in [5, 5.41) is 15.3. The van der Waals surface area contributed by atoms with E-state index < -0.39 is 6.29 Å². The van der Waals surface area contributed by atoms with Crippen LogP contribution in [0.3, 0.4) is 0 Å². The van der Waals surface area contributed by atoms with Crippen LogP contribution in [0.1, 0.15) is 60.3 Å². The molecule has 51 heavy (non-hydrogen) atoms. The van der Waals surface area contributed by atoms with E-state index in [0.29, 0.717) is 24.3 Å². The van der Waals surface area contributed by atoms with Gasteiger partial charge in [-0.2, -0.15) is 0 Å². The molecule has 5 N–H and O–H groups in total. The van der Waals surface area contributed by atoms with Crippen molar-refractivity contribution in [2.24, 2.45) is 0 Å². The summed E-state index contributed by atoms with van der Waals surface area (Å²) >= 11 is 1.78. The zero-order chi connectivity index (χ0) is 35.4. The minimum absolute atomic E-state index is 0.00192. The summed E-state index contributed by atoms with van der Waals surface area (Å²) < 4.78 is 13.1. The fourth-order valence-corrected chi connectivity index (χ4v) is 6.96. The van der Waals surface area contributed by atoms with E-state index in [1.165, 1.54) is 4.90 Å². The minimum atomic E-state index is -0.543. The number of rotatable bonds is 14. The number of aliphatic hydroxyl groups excluding tert-OH is 1. The van der Waals surface area contributed by atoms with Crippen LogP contribution in [0, 0.1) is 0 Å². The van der Waals surface area contributed by atoms with Crippen molar-refractivity contribution in [1.82, 2.24) is 5.32 Å². The van der Waals surface area contributed by atoms with Gasteiger partial charge in [0.1, 0.15) is 0 Å². The van der Waals surface area contributed by atoms with Gasteiger partial charge in [0, 0.05) is 42.0 Å². The predicted molar refractivity (Wildman–Crippen MR) is 203 cm³/mol. The summed E-state index contributed by atoms with van der Waals surface area (Å²) in [6, 6.07) is 41.6. The third kappa shape index (κ3) is 10.1. The van der Waals surface area contributed by atoms with E-state index in [0.717, 1.165) is 45.6 Å². The lowest BCUT2D eigenvalue weighted by Gasteiger charge is -2.36. The van der Waals surface area contributed by atoms with Gasteiger partial charge in [-0.05, 0) is 58.5 Å². The van der Waals surface area contributed by atoms with E-state index in [9.17, 15) is 14.7 Å². The molecule has 1 heterocycles. The fraction of sp³-hybridized carbons (Fsp3) is 0.238. The Labute approximate surface area is 303 Å². The molecular formula is C42H43N3O5S. The van der Waals surface area contributed by atoms with Gasteiger partial charge in [-0.1, -0.05) is 103 Å². The summed E-state index contributed by atoms with van der Waals surface area (Å²) in [5.74, 6) is 0.508. The molecule has 0 aromatic heterocycles. The number of carbonyl (C=O) groups excluding carboxylic acids is 2. The lowest BCUT2D eigenvalue weighted by atomic mass is 9.97. The quantitative estimate of drug-likeness (QED) is 0.0680. The van der Waals surface area contributed by atoms with Crippen LogP contribution >= 0.6 is 11.8 Å². The number of carbonyl (C=O) groups is 2. The van der Waals surface area contributed by atoms with E-state index in [-0.39, 0.29) is 43.5 Å². The first kappa shape index (κ1) is 35.9. The van der Waals surface area contributed by atoms with Crippen LogP contribution < -0.4 is 16.4 Å². The molecule has 0 bridgehead atoms. The maximum Gasteiger partial charge on any atom is 0.224 e. The molecule has 2 amide bonds. The number of hydrogen-bond donors (Lipinski definition) is 4. The van der Waals surface area contributed by atoms with Crippen LogP contribution in [0.25, 0.3) is 11.1 Å². The van der Waals surface area contributed by atoms with Gasteiger partial charge in [0.05, 0.1) is 30.2 Å². The van der Waals surface area contributed by atoms with E-state index in [1.807, 2.05) is 91.0 Å². The summed E-state index contributed by atoms with van der Waals surface area (Å²) in [6.07, 6.45) is 0.895. The maximum absolute atomic E-state index is 12.7. The Morgan fingerprint density at radius 1 is 0.765 bits per heavy atom. The number of amides is 2. The molecule has 9 heteroatoms. The first-order valence-electron chi connectivity index (χ1n) is 17.2. The normalized spacial score (nSPS) is 17.1. The van der Waals surface area contributed by atoms with Crippen molar-refractivity contribution in [2.45, 2.75) is 62.2 Å². The molecule has 6 rings (SSSR count). The van der Waals surface area contributed by atoms with Gasteiger partial charge >= 0.3 is 0 Å². The van der Waals surface area contributed by atoms with Gasteiger partial charge in [0.25, 0.3) is 0 Å². The average Bonchev–Trinajstić information content (AvgIpc) is 3.17. The lowest BCUT2D eigenvalue weighted by Crippen LogP contribution is -2.31. The Bertz CT molecular complexity index is 1890. The molecule has 0 radical (unpaired) electrons. The number of aliphatic hydroxyl groups is 1. The molecule has 5 aromatic rings. The average molecular weight is 702 g/mol. The van der Waals surface area contributed by atoms with Crippen molar-refractivity contribution in [3.8, 4) is 11.1 Å². The molecule has 0 aliphatic carbocycles. The number of anilines is 2. The number of nitrogens with two attached hydrogens (primary N) is 1. The summed E-state index contributed by atoms with van der Waals surface area (Å²) in [4.78, 5) is 26.2. The minimum Gasteiger partial charge on any atom is -0.397 e. The molecule has 3 atom stereocenters. The number of thioether (sulfide) groups is 1. The topological polar surface area (TPSA) is 123 Å². The van der Waals surface area contributed by atoms with E-state index in [2.05, 4.69) is 34.9 Å². The molecular weight excluding hydrogens is 659 g/mol. The van der Waals surface area contributed by atoms with Gasteiger partial charge in [0.2, 0.25) is 11.8 Å².